The lowest BCUT2D eigenvalue weighted by atomic mass is 10.0. The molecule has 0 aromatic heterocycles. The lowest BCUT2D eigenvalue weighted by molar-refractivity contribution is 0.721. The third-order valence-electron chi connectivity index (χ3n) is 4.00. The van der Waals surface area contributed by atoms with Crippen molar-refractivity contribution in [2.24, 2.45) is 0 Å². The molecule has 0 aliphatic rings. The van der Waals surface area contributed by atoms with Gasteiger partial charge < -0.3 is 10.6 Å². The van der Waals surface area contributed by atoms with E-state index in [1.165, 1.54) is 22.3 Å². The van der Waals surface area contributed by atoms with Crippen LogP contribution in [0.2, 0.25) is 0 Å². The van der Waals surface area contributed by atoms with Crippen molar-refractivity contribution in [2.45, 2.75) is 40.2 Å². The summed E-state index contributed by atoms with van der Waals surface area (Å²) >= 11 is 5.41. The van der Waals surface area contributed by atoms with Gasteiger partial charge in [0.05, 0.1) is 6.04 Å². The van der Waals surface area contributed by atoms with Crippen molar-refractivity contribution in [3.63, 3.8) is 0 Å². The third-order valence-corrected chi connectivity index (χ3v) is 4.22. The summed E-state index contributed by atoms with van der Waals surface area (Å²) in [4.78, 5) is 0. The molecule has 22 heavy (non-hydrogen) atoms. The summed E-state index contributed by atoms with van der Waals surface area (Å²) in [5.74, 6) is 0. The van der Waals surface area contributed by atoms with Gasteiger partial charge in [-0.25, -0.2) is 0 Å². The van der Waals surface area contributed by atoms with Crippen LogP contribution >= 0.6 is 12.2 Å². The number of hydrogen-bond acceptors (Lipinski definition) is 1. The van der Waals surface area contributed by atoms with Crippen molar-refractivity contribution in [2.75, 3.05) is 5.32 Å². The van der Waals surface area contributed by atoms with Gasteiger partial charge in [-0.2, -0.15) is 0 Å². The standard InChI is InChI=1S/C19H24N2S/c1-5-16-7-10-18(11-8-16)21-19(22)20-15(4)17-9-6-13(2)14(3)12-17/h6-12,15H,5H2,1-4H3,(H2,20,21,22)/t15-/m1/s1. The molecule has 0 amide bonds. The Hall–Kier alpha value is -1.87. The summed E-state index contributed by atoms with van der Waals surface area (Å²) in [5, 5.41) is 7.23. The first kappa shape index (κ1) is 16.5. The zero-order valence-corrected chi connectivity index (χ0v) is 14.6. The van der Waals surface area contributed by atoms with Crippen molar-refractivity contribution in [1.29, 1.82) is 0 Å². The first-order valence-corrected chi connectivity index (χ1v) is 8.14. The van der Waals surface area contributed by atoms with Gasteiger partial charge in [0.1, 0.15) is 0 Å². The largest absolute Gasteiger partial charge is 0.356 e. The summed E-state index contributed by atoms with van der Waals surface area (Å²) in [6.07, 6.45) is 1.05. The van der Waals surface area contributed by atoms with Crippen LogP contribution in [0.4, 0.5) is 5.69 Å². The number of hydrogen-bond donors (Lipinski definition) is 2. The van der Waals surface area contributed by atoms with Gasteiger partial charge in [0.15, 0.2) is 5.11 Å². The average Bonchev–Trinajstić information content (AvgIpc) is 2.50. The van der Waals surface area contributed by atoms with Gasteiger partial charge in [0.25, 0.3) is 0 Å². The molecule has 0 aliphatic heterocycles. The maximum atomic E-state index is 5.41. The summed E-state index contributed by atoms with van der Waals surface area (Å²) in [5.41, 5.74) is 6.20. The number of anilines is 1. The average molecular weight is 312 g/mol. The van der Waals surface area contributed by atoms with Crippen molar-refractivity contribution in [1.82, 2.24) is 5.32 Å². The zero-order valence-electron chi connectivity index (χ0n) is 13.7. The molecular formula is C19H24N2S. The minimum absolute atomic E-state index is 0.175. The van der Waals surface area contributed by atoms with Crippen LogP contribution in [0.15, 0.2) is 42.5 Å². The van der Waals surface area contributed by atoms with E-state index in [-0.39, 0.29) is 6.04 Å². The van der Waals surface area contributed by atoms with E-state index in [9.17, 15) is 0 Å². The molecule has 116 valence electrons. The number of thiocarbonyl (C=S) groups is 1. The van der Waals surface area contributed by atoms with Gasteiger partial charge in [0.2, 0.25) is 0 Å². The normalized spacial score (nSPS) is 11.8. The van der Waals surface area contributed by atoms with Crippen molar-refractivity contribution < 1.29 is 0 Å². The molecule has 0 fully saturated rings. The van der Waals surface area contributed by atoms with Crippen LogP contribution in [0.1, 0.15) is 42.1 Å². The number of nitrogens with one attached hydrogen (secondary N) is 2. The van der Waals surface area contributed by atoms with E-state index >= 15 is 0 Å². The van der Waals surface area contributed by atoms with E-state index in [4.69, 9.17) is 12.2 Å². The second-order valence-corrected chi connectivity index (χ2v) is 6.12. The van der Waals surface area contributed by atoms with E-state index in [2.05, 4.69) is 80.8 Å². The predicted molar refractivity (Wildman–Crippen MR) is 99.5 cm³/mol. The minimum Gasteiger partial charge on any atom is -0.356 e. The first-order chi connectivity index (χ1) is 10.5. The van der Waals surface area contributed by atoms with Crippen molar-refractivity contribution >= 4 is 23.0 Å². The first-order valence-electron chi connectivity index (χ1n) is 7.73. The molecule has 0 aliphatic carbocycles. The number of aryl methyl sites for hydroxylation is 3. The molecule has 2 aromatic carbocycles. The Balaban J connectivity index is 1.96. The van der Waals surface area contributed by atoms with Crippen LogP contribution in [-0.4, -0.2) is 5.11 Å². The molecule has 0 saturated carbocycles. The molecule has 2 rings (SSSR count). The summed E-state index contributed by atoms with van der Waals surface area (Å²) in [6, 6.07) is 15.1. The highest BCUT2D eigenvalue weighted by molar-refractivity contribution is 7.80. The lowest BCUT2D eigenvalue weighted by Gasteiger charge is -2.18. The van der Waals surface area contributed by atoms with Crippen molar-refractivity contribution in [3.8, 4) is 0 Å². The zero-order chi connectivity index (χ0) is 16.1. The molecule has 1 atom stereocenters. The minimum atomic E-state index is 0.175. The Morgan fingerprint density at radius 3 is 2.32 bits per heavy atom. The van der Waals surface area contributed by atoms with Gasteiger partial charge >= 0.3 is 0 Å². The Morgan fingerprint density at radius 1 is 1.05 bits per heavy atom. The molecule has 2 nitrogen and oxygen atoms in total. The molecule has 0 spiro atoms. The molecule has 0 unspecified atom stereocenters. The Bertz CT molecular complexity index is 647. The fourth-order valence-corrected chi connectivity index (χ4v) is 2.60. The Labute approximate surface area is 139 Å². The van der Waals surface area contributed by atoms with Gasteiger partial charge in [-0.15, -0.1) is 0 Å². The van der Waals surface area contributed by atoms with Gasteiger partial charge in [-0.05, 0) is 73.8 Å². The molecule has 2 aromatic rings. The molecule has 0 bridgehead atoms. The molecule has 0 heterocycles. The molecule has 0 saturated heterocycles. The summed E-state index contributed by atoms with van der Waals surface area (Å²) in [7, 11) is 0. The van der Waals surface area contributed by atoms with E-state index in [0.29, 0.717) is 5.11 Å². The second-order valence-electron chi connectivity index (χ2n) is 5.71. The molecule has 3 heteroatoms. The highest BCUT2D eigenvalue weighted by Crippen LogP contribution is 2.17. The van der Waals surface area contributed by atoms with Crippen LogP contribution in [0.5, 0.6) is 0 Å². The van der Waals surface area contributed by atoms with Crippen LogP contribution in [0, 0.1) is 13.8 Å². The van der Waals surface area contributed by atoms with Gasteiger partial charge in [-0.1, -0.05) is 37.3 Å². The second kappa shape index (κ2) is 7.41. The highest BCUT2D eigenvalue weighted by Gasteiger charge is 2.08. The molecule has 2 N–H and O–H groups in total. The number of rotatable bonds is 4. The predicted octanol–water partition coefficient (Wildman–Crippen LogP) is 4.91. The Kier molecular flexibility index (Phi) is 5.56. The molecular weight excluding hydrogens is 288 g/mol. The van der Waals surface area contributed by atoms with E-state index in [1.54, 1.807) is 0 Å². The SMILES string of the molecule is CCc1ccc(NC(=S)N[C@H](C)c2ccc(C)c(C)c2)cc1. The van der Waals surface area contributed by atoms with E-state index in [0.717, 1.165) is 12.1 Å². The van der Waals surface area contributed by atoms with Crippen LogP contribution < -0.4 is 10.6 Å². The van der Waals surface area contributed by atoms with Crippen molar-refractivity contribution in [3.05, 3.63) is 64.7 Å². The third kappa shape index (κ3) is 4.31. The number of benzene rings is 2. The maximum Gasteiger partial charge on any atom is 0.171 e. The van der Waals surface area contributed by atoms with Crippen LogP contribution in [0.25, 0.3) is 0 Å². The van der Waals surface area contributed by atoms with E-state index < -0.39 is 0 Å². The smallest absolute Gasteiger partial charge is 0.171 e. The summed E-state index contributed by atoms with van der Waals surface area (Å²) < 4.78 is 0. The quantitative estimate of drug-likeness (QED) is 0.784. The van der Waals surface area contributed by atoms with Crippen LogP contribution in [-0.2, 0) is 6.42 Å². The van der Waals surface area contributed by atoms with E-state index in [1.807, 2.05) is 0 Å². The monoisotopic (exact) mass is 312 g/mol. The van der Waals surface area contributed by atoms with Crippen LogP contribution in [0.3, 0.4) is 0 Å². The topological polar surface area (TPSA) is 24.1 Å². The fraction of sp³-hybridized carbons (Fsp3) is 0.316. The van der Waals surface area contributed by atoms with Gasteiger partial charge in [0, 0.05) is 5.69 Å². The fourth-order valence-electron chi connectivity index (χ4n) is 2.30. The molecule has 0 radical (unpaired) electrons. The lowest BCUT2D eigenvalue weighted by Crippen LogP contribution is -2.30. The van der Waals surface area contributed by atoms with Gasteiger partial charge in [-0.3, -0.25) is 0 Å². The Morgan fingerprint density at radius 2 is 1.73 bits per heavy atom. The maximum absolute atomic E-state index is 5.41. The highest BCUT2D eigenvalue weighted by atomic mass is 32.1. The summed E-state index contributed by atoms with van der Waals surface area (Å²) in [6.45, 7) is 8.54.